The third kappa shape index (κ3) is 3.78. The summed E-state index contributed by atoms with van der Waals surface area (Å²) in [7, 11) is 0. The van der Waals surface area contributed by atoms with Crippen LogP contribution in [0.25, 0.3) is 0 Å². The van der Waals surface area contributed by atoms with Crippen molar-refractivity contribution in [1.82, 2.24) is 15.5 Å². The predicted octanol–water partition coefficient (Wildman–Crippen LogP) is 1.56. The van der Waals surface area contributed by atoms with Crippen LogP contribution in [0, 0.1) is 0 Å². The Bertz CT molecular complexity index is 564. The predicted molar refractivity (Wildman–Crippen MR) is 86.6 cm³/mol. The van der Waals surface area contributed by atoms with Gasteiger partial charge in [0.1, 0.15) is 0 Å². The minimum Gasteiger partial charge on any atom is -0.355 e. The Morgan fingerprint density at radius 2 is 1.95 bits per heavy atom. The second kappa shape index (κ2) is 7.11. The van der Waals surface area contributed by atoms with E-state index in [0.717, 1.165) is 23.6 Å². The van der Waals surface area contributed by atoms with Crippen LogP contribution in [0.15, 0.2) is 24.3 Å². The highest BCUT2D eigenvalue weighted by Crippen LogP contribution is 2.33. The molecule has 1 fully saturated rings. The molecule has 0 saturated carbocycles. The van der Waals surface area contributed by atoms with Gasteiger partial charge in [-0.1, -0.05) is 29.8 Å². The fourth-order valence-corrected chi connectivity index (χ4v) is 2.75. The number of amides is 2. The summed E-state index contributed by atoms with van der Waals surface area (Å²) in [6.45, 7) is 5.83. The molecule has 22 heavy (non-hydrogen) atoms. The van der Waals surface area contributed by atoms with Gasteiger partial charge in [-0.25, -0.2) is 0 Å². The average Bonchev–Trinajstić information content (AvgIpc) is 2.48. The topological polar surface area (TPSA) is 61.4 Å². The zero-order chi connectivity index (χ0) is 16.2. The van der Waals surface area contributed by atoms with Gasteiger partial charge < -0.3 is 10.6 Å². The van der Waals surface area contributed by atoms with Gasteiger partial charge in [-0.2, -0.15) is 0 Å². The molecule has 1 aromatic carbocycles. The van der Waals surface area contributed by atoms with E-state index in [2.05, 4.69) is 15.5 Å². The number of nitrogens with one attached hydrogen (secondary N) is 2. The number of hydrogen-bond donors (Lipinski definition) is 2. The molecule has 0 radical (unpaired) electrons. The van der Waals surface area contributed by atoms with Crippen LogP contribution in [0.4, 0.5) is 0 Å². The van der Waals surface area contributed by atoms with E-state index in [4.69, 9.17) is 11.6 Å². The van der Waals surface area contributed by atoms with Gasteiger partial charge in [0.15, 0.2) is 0 Å². The van der Waals surface area contributed by atoms with Crippen LogP contribution in [0.3, 0.4) is 0 Å². The van der Waals surface area contributed by atoms with E-state index in [1.165, 1.54) is 6.92 Å². The van der Waals surface area contributed by atoms with Crippen molar-refractivity contribution in [3.05, 3.63) is 34.9 Å². The lowest BCUT2D eigenvalue weighted by Gasteiger charge is -2.49. The zero-order valence-electron chi connectivity index (χ0n) is 13.0. The Morgan fingerprint density at radius 1 is 1.27 bits per heavy atom. The molecule has 1 heterocycles. The largest absolute Gasteiger partial charge is 0.355 e. The molecule has 1 aliphatic rings. The van der Waals surface area contributed by atoms with E-state index >= 15 is 0 Å². The molecule has 0 bridgehead atoms. The molecule has 2 N–H and O–H groups in total. The van der Waals surface area contributed by atoms with Crippen molar-refractivity contribution in [3.8, 4) is 0 Å². The van der Waals surface area contributed by atoms with E-state index in [0.29, 0.717) is 19.6 Å². The first kappa shape index (κ1) is 16.8. The van der Waals surface area contributed by atoms with Crippen LogP contribution in [0.5, 0.6) is 0 Å². The Morgan fingerprint density at radius 3 is 2.55 bits per heavy atom. The van der Waals surface area contributed by atoms with Crippen molar-refractivity contribution >= 4 is 23.4 Å². The second-order valence-corrected chi connectivity index (χ2v) is 6.18. The molecule has 1 aliphatic heterocycles. The highest BCUT2D eigenvalue weighted by atomic mass is 35.5. The van der Waals surface area contributed by atoms with Crippen molar-refractivity contribution in [2.45, 2.75) is 32.4 Å². The minimum absolute atomic E-state index is 0.00356. The zero-order valence-corrected chi connectivity index (χ0v) is 13.7. The number of hydrogen-bond acceptors (Lipinski definition) is 3. The summed E-state index contributed by atoms with van der Waals surface area (Å²) in [5.74, 6) is -0.0967. The molecule has 120 valence electrons. The maximum absolute atomic E-state index is 12.4. The van der Waals surface area contributed by atoms with Crippen molar-refractivity contribution in [2.75, 3.05) is 19.6 Å². The van der Waals surface area contributed by atoms with E-state index < -0.39 is 5.54 Å². The van der Waals surface area contributed by atoms with Gasteiger partial charge in [0.2, 0.25) is 11.8 Å². The number of benzene rings is 1. The SMILES string of the molecule is CC(=O)NCCNC(=O)C1(C)CCN1Cc1ccccc1Cl. The summed E-state index contributed by atoms with van der Waals surface area (Å²) in [6, 6.07) is 7.69. The van der Waals surface area contributed by atoms with Gasteiger partial charge in [0, 0.05) is 38.1 Å². The lowest BCUT2D eigenvalue weighted by molar-refractivity contribution is -0.142. The Balaban J connectivity index is 1.88. The van der Waals surface area contributed by atoms with Crippen LogP contribution in [0.2, 0.25) is 5.02 Å². The van der Waals surface area contributed by atoms with Gasteiger partial charge in [-0.3, -0.25) is 14.5 Å². The summed E-state index contributed by atoms with van der Waals surface area (Å²) in [5.41, 5.74) is 0.524. The quantitative estimate of drug-likeness (QED) is 0.781. The number of nitrogens with zero attached hydrogens (tertiary/aromatic N) is 1. The lowest BCUT2D eigenvalue weighted by atomic mass is 9.85. The molecular formula is C16H22ClN3O2. The van der Waals surface area contributed by atoms with Gasteiger partial charge >= 0.3 is 0 Å². The molecule has 1 saturated heterocycles. The summed E-state index contributed by atoms with van der Waals surface area (Å²) in [6.07, 6.45) is 0.823. The van der Waals surface area contributed by atoms with Crippen LogP contribution in [-0.2, 0) is 16.1 Å². The number of rotatable bonds is 6. The van der Waals surface area contributed by atoms with Crippen molar-refractivity contribution in [1.29, 1.82) is 0 Å². The first-order valence-electron chi connectivity index (χ1n) is 7.44. The number of carbonyl (C=O) groups is 2. The molecule has 0 aromatic heterocycles. The first-order chi connectivity index (χ1) is 10.4. The molecule has 2 amide bonds. The smallest absolute Gasteiger partial charge is 0.240 e. The van der Waals surface area contributed by atoms with Crippen LogP contribution < -0.4 is 10.6 Å². The molecular weight excluding hydrogens is 302 g/mol. The van der Waals surface area contributed by atoms with E-state index in [1.54, 1.807) is 0 Å². The molecule has 1 atom stereocenters. The van der Waals surface area contributed by atoms with Crippen LogP contribution in [0.1, 0.15) is 25.8 Å². The lowest BCUT2D eigenvalue weighted by Crippen LogP contribution is -2.65. The van der Waals surface area contributed by atoms with Gasteiger partial charge in [0.05, 0.1) is 5.54 Å². The van der Waals surface area contributed by atoms with E-state index in [1.807, 2.05) is 31.2 Å². The highest BCUT2D eigenvalue weighted by molar-refractivity contribution is 6.31. The third-order valence-electron chi connectivity index (χ3n) is 4.16. The normalized spacial score (nSPS) is 21.0. The fourth-order valence-electron chi connectivity index (χ4n) is 2.55. The summed E-state index contributed by atoms with van der Waals surface area (Å²) < 4.78 is 0. The van der Waals surface area contributed by atoms with Crippen LogP contribution >= 0.6 is 11.6 Å². The standard InChI is InChI=1S/C16H22ClN3O2/c1-12(21)18-8-9-19-15(22)16(2)7-10-20(16)11-13-5-3-4-6-14(13)17/h3-6H,7-11H2,1-2H3,(H,18,21)(H,19,22). The molecule has 1 aromatic rings. The van der Waals surface area contributed by atoms with Gasteiger partial charge in [-0.15, -0.1) is 0 Å². The molecule has 6 heteroatoms. The third-order valence-corrected chi connectivity index (χ3v) is 4.53. The Hall–Kier alpha value is -1.59. The number of likely N-dealkylation sites (tertiary alicyclic amines) is 1. The Kier molecular flexibility index (Phi) is 5.42. The Labute approximate surface area is 136 Å². The highest BCUT2D eigenvalue weighted by Gasteiger charge is 2.46. The maximum Gasteiger partial charge on any atom is 0.240 e. The molecule has 2 rings (SSSR count). The number of carbonyl (C=O) groups excluding carboxylic acids is 2. The van der Waals surface area contributed by atoms with Crippen molar-refractivity contribution < 1.29 is 9.59 Å². The number of halogens is 1. The summed E-state index contributed by atoms with van der Waals surface area (Å²) >= 11 is 6.19. The van der Waals surface area contributed by atoms with Gasteiger partial charge in [0.25, 0.3) is 0 Å². The minimum atomic E-state index is -0.505. The molecule has 0 spiro atoms. The molecule has 0 aliphatic carbocycles. The monoisotopic (exact) mass is 323 g/mol. The fraction of sp³-hybridized carbons (Fsp3) is 0.500. The van der Waals surface area contributed by atoms with Gasteiger partial charge in [-0.05, 0) is 25.0 Å². The maximum atomic E-state index is 12.4. The summed E-state index contributed by atoms with van der Waals surface area (Å²) in [4.78, 5) is 25.3. The molecule has 1 unspecified atom stereocenters. The average molecular weight is 324 g/mol. The first-order valence-corrected chi connectivity index (χ1v) is 7.82. The van der Waals surface area contributed by atoms with Crippen LogP contribution in [-0.4, -0.2) is 41.9 Å². The van der Waals surface area contributed by atoms with E-state index in [-0.39, 0.29) is 11.8 Å². The summed E-state index contributed by atoms with van der Waals surface area (Å²) in [5, 5.41) is 6.27. The van der Waals surface area contributed by atoms with Crippen molar-refractivity contribution in [2.24, 2.45) is 0 Å². The van der Waals surface area contributed by atoms with E-state index in [9.17, 15) is 9.59 Å². The second-order valence-electron chi connectivity index (χ2n) is 5.78. The van der Waals surface area contributed by atoms with Crippen molar-refractivity contribution in [3.63, 3.8) is 0 Å². The molecule has 5 nitrogen and oxygen atoms in total.